The highest BCUT2D eigenvalue weighted by molar-refractivity contribution is 7.99. The third-order valence-electron chi connectivity index (χ3n) is 3.86. The number of carboxylic acid groups (broad SMARTS) is 1. The lowest BCUT2D eigenvalue weighted by atomic mass is 9.89. The molecule has 5 atom stereocenters. The van der Waals surface area contributed by atoms with E-state index in [1.165, 1.54) is 6.92 Å². The van der Waals surface area contributed by atoms with Gasteiger partial charge in [0.25, 0.3) is 0 Å². The summed E-state index contributed by atoms with van der Waals surface area (Å²) in [5.74, 6) is -4.39. The number of carboxylic acids is 1. The van der Waals surface area contributed by atoms with E-state index in [1.807, 2.05) is 0 Å². The van der Waals surface area contributed by atoms with E-state index in [0.717, 1.165) is 25.6 Å². The molecule has 29 heavy (non-hydrogen) atoms. The van der Waals surface area contributed by atoms with Crippen molar-refractivity contribution in [2.45, 2.75) is 57.4 Å². The number of carbonyl (C=O) groups is 5. The molecular formula is C17H25NO10S. The van der Waals surface area contributed by atoms with Crippen molar-refractivity contribution in [2.24, 2.45) is 11.7 Å². The van der Waals surface area contributed by atoms with Crippen LogP contribution in [-0.2, 0) is 42.9 Å². The van der Waals surface area contributed by atoms with Gasteiger partial charge in [0.2, 0.25) is 5.91 Å². The molecule has 0 radical (unpaired) electrons. The Morgan fingerprint density at radius 1 is 1.00 bits per heavy atom. The molecule has 0 aliphatic carbocycles. The van der Waals surface area contributed by atoms with E-state index < -0.39 is 59.5 Å². The van der Waals surface area contributed by atoms with E-state index in [2.05, 4.69) is 0 Å². The van der Waals surface area contributed by atoms with Gasteiger partial charge in [-0.1, -0.05) is 0 Å². The van der Waals surface area contributed by atoms with Crippen LogP contribution < -0.4 is 5.73 Å². The third kappa shape index (κ3) is 8.69. The van der Waals surface area contributed by atoms with Crippen LogP contribution in [0.4, 0.5) is 0 Å². The van der Waals surface area contributed by atoms with Gasteiger partial charge >= 0.3 is 23.9 Å². The maximum Gasteiger partial charge on any atom is 0.304 e. The molecule has 0 aromatic carbocycles. The molecule has 0 aromatic heterocycles. The molecule has 0 saturated carbocycles. The van der Waals surface area contributed by atoms with Crippen molar-refractivity contribution >= 4 is 41.5 Å². The van der Waals surface area contributed by atoms with Crippen LogP contribution in [0.15, 0.2) is 0 Å². The Morgan fingerprint density at radius 2 is 1.59 bits per heavy atom. The highest BCUT2D eigenvalue weighted by Crippen LogP contribution is 2.38. The molecule has 3 N–H and O–H groups in total. The number of carbonyl (C=O) groups excluding carboxylic acids is 4. The first-order valence-electron chi connectivity index (χ1n) is 8.76. The predicted molar refractivity (Wildman–Crippen MR) is 98.4 cm³/mol. The standard InChI is InChI=1S/C17H25NO10S/c1-8(19)25-7-12-16(27-10(3)21)15(26-9(2)20)11(6-13(18)22)17(28-12)29-5-4-14(23)24/h11-12,15-17H,4-7H2,1-3H3,(H2,18,22)(H,23,24)/t11-,12-,15-,16+,17+/m1/s1. The molecule has 1 heterocycles. The van der Waals surface area contributed by atoms with E-state index in [1.54, 1.807) is 0 Å². The second kappa shape index (κ2) is 11.6. The van der Waals surface area contributed by atoms with E-state index >= 15 is 0 Å². The Bertz CT molecular complexity index is 640. The average molecular weight is 435 g/mol. The predicted octanol–water partition coefficient (Wildman–Crippen LogP) is -0.163. The molecular weight excluding hydrogens is 410 g/mol. The topological polar surface area (TPSA) is 169 Å². The van der Waals surface area contributed by atoms with Gasteiger partial charge in [-0.25, -0.2) is 0 Å². The van der Waals surface area contributed by atoms with Crippen molar-refractivity contribution in [1.29, 1.82) is 0 Å². The summed E-state index contributed by atoms with van der Waals surface area (Å²) in [5, 5.41) is 8.85. The van der Waals surface area contributed by atoms with Crippen molar-refractivity contribution in [2.75, 3.05) is 12.4 Å². The van der Waals surface area contributed by atoms with Gasteiger partial charge in [0.15, 0.2) is 6.10 Å². The summed E-state index contributed by atoms with van der Waals surface area (Å²) < 4.78 is 21.4. The van der Waals surface area contributed by atoms with E-state index in [-0.39, 0.29) is 25.2 Å². The van der Waals surface area contributed by atoms with Crippen LogP contribution in [0.5, 0.6) is 0 Å². The lowest BCUT2D eigenvalue weighted by Gasteiger charge is -2.44. The van der Waals surface area contributed by atoms with Crippen molar-refractivity contribution in [3.63, 3.8) is 0 Å². The summed E-state index contributed by atoms with van der Waals surface area (Å²) >= 11 is 1.08. The molecule has 11 nitrogen and oxygen atoms in total. The normalized spacial score (nSPS) is 26.2. The van der Waals surface area contributed by atoms with Crippen molar-refractivity contribution in [3.05, 3.63) is 0 Å². The maximum absolute atomic E-state index is 11.7. The number of amides is 1. The van der Waals surface area contributed by atoms with Crippen LogP contribution in [-0.4, -0.2) is 71.0 Å². The molecule has 1 aliphatic rings. The summed E-state index contributed by atoms with van der Waals surface area (Å²) in [4.78, 5) is 56.9. The van der Waals surface area contributed by atoms with Crippen molar-refractivity contribution in [1.82, 2.24) is 0 Å². The third-order valence-corrected chi connectivity index (χ3v) is 5.09. The van der Waals surface area contributed by atoms with Gasteiger partial charge in [0.05, 0.1) is 6.42 Å². The van der Waals surface area contributed by atoms with Gasteiger partial charge in [-0.2, -0.15) is 0 Å². The Labute approximate surface area is 171 Å². The van der Waals surface area contributed by atoms with E-state index in [4.69, 9.17) is 29.8 Å². The molecule has 1 fully saturated rings. The number of rotatable bonds is 10. The summed E-state index contributed by atoms with van der Waals surface area (Å²) in [6.45, 7) is 3.17. The van der Waals surface area contributed by atoms with Gasteiger partial charge in [-0.15, -0.1) is 11.8 Å². The quantitative estimate of drug-likeness (QED) is 0.345. The van der Waals surface area contributed by atoms with Crippen molar-refractivity contribution < 1.29 is 48.0 Å². The lowest BCUT2D eigenvalue weighted by molar-refractivity contribution is -0.220. The largest absolute Gasteiger partial charge is 0.481 e. The fourth-order valence-corrected chi connectivity index (χ4v) is 4.09. The zero-order valence-corrected chi connectivity index (χ0v) is 17.1. The minimum atomic E-state index is -1.16. The van der Waals surface area contributed by atoms with Gasteiger partial charge in [0, 0.05) is 38.9 Å². The first kappa shape index (κ1) is 24.7. The number of thioether (sulfide) groups is 1. The highest BCUT2D eigenvalue weighted by Gasteiger charge is 2.50. The molecule has 0 unspecified atom stereocenters. The molecule has 164 valence electrons. The monoisotopic (exact) mass is 435 g/mol. The SMILES string of the molecule is CC(=O)OC[C@H]1O[C@@H](SCCC(=O)O)[C@H](CC(N)=O)[C@@H](OC(C)=O)[C@H]1OC(C)=O. The maximum atomic E-state index is 11.7. The zero-order valence-electron chi connectivity index (χ0n) is 16.3. The van der Waals surface area contributed by atoms with Crippen LogP contribution in [0.25, 0.3) is 0 Å². The molecule has 1 rings (SSSR count). The Morgan fingerprint density at radius 3 is 2.07 bits per heavy atom. The summed E-state index contributed by atoms with van der Waals surface area (Å²) in [6.07, 6.45) is -3.70. The average Bonchev–Trinajstić information content (AvgIpc) is 2.56. The molecule has 1 saturated heterocycles. The fraction of sp³-hybridized carbons (Fsp3) is 0.706. The zero-order chi connectivity index (χ0) is 22.1. The second-order valence-electron chi connectivity index (χ2n) is 6.34. The first-order chi connectivity index (χ1) is 13.5. The van der Waals surface area contributed by atoms with Crippen LogP contribution in [0.3, 0.4) is 0 Å². The number of hydrogen-bond acceptors (Lipinski definition) is 10. The smallest absolute Gasteiger partial charge is 0.304 e. The number of aliphatic carboxylic acids is 1. The number of primary amides is 1. The molecule has 12 heteroatoms. The summed E-state index contributed by atoms with van der Waals surface area (Å²) in [7, 11) is 0. The molecule has 1 aliphatic heterocycles. The van der Waals surface area contributed by atoms with Crippen LogP contribution in [0, 0.1) is 5.92 Å². The molecule has 0 bridgehead atoms. The first-order valence-corrected chi connectivity index (χ1v) is 9.81. The Kier molecular flexibility index (Phi) is 9.89. The molecule has 0 aromatic rings. The number of ether oxygens (including phenoxy) is 4. The fourth-order valence-electron chi connectivity index (χ4n) is 2.84. The summed E-state index contributed by atoms with van der Waals surface area (Å²) in [5.41, 5.74) is 4.50. The van der Waals surface area contributed by atoms with Crippen LogP contribution >= 0.6 is 11.8 Å². The number of nitrogens with two attached hydrogens (primary N) is 1. The van der Waals surface area contributed by atoms with Crippen LogP contribution in [0.1, 0.15) is 33.6 Å². The Balaban J connectivity index is 3.22. The highest BCUT2D eigenvalue weighted by atomic mass is 32.2. The molecule has 0 spiro atoms. The lowest BCUT2D eigenvalue weighted by Crippen LogP contribution is -2.58. The van der Waals surface area contributed by atoms with E-state index in [9.17, 15) is 24.0 Å². The summed E-state index contributed by atoms with van der Waals surface area (Å²) in [6, 6.07) is 0. The van der Waals surface area contributed by atoms with Gasteiger partial charge in [-0.3, -0.25) is 24.0 Å². The number of hydrogen-bond donors (Lipinski definition) is 2. The second-order valence-corrected chi connectivity index (χ2v) is 7.55. The van der Waals surface area contributed by atoms with Gasteiger partial charge < -0.3 is 29.8 Å². The molecule has 1 amide bonds. The van der Waals surface area contributed by atoms with Gasteiger partial charge in [0.1, 0.15) is 24.3 Å². The van der Waals surface area contributed by atoms with E-state index in [0.29, 0.717) is 0 Å². The number of esters is 3. The van der Waals surface area contributed by atoms with Crippen LogP contribution in [0.2, 0.25) is 0 Å². The minimum absolute atomic E-state index is 0.139. The van der Waals surface area contributed by atoms with Gasteiger partial charge in [-0.05, 0) is 0 Å². The van der Waals surface area contributed by atoms with Crippen molar-refractivity contribution in [3.8, 4) is 0 Å². The minimum Gasteiger partial charge on any atom is -0.481 e. The Hall–Kier alpha value is -2.34.